The molecule has 4 rings (SSSR count). The van der Waals surface area contributed by atoms with E-state index in [9.17, 15) is 0 Å². The third kappa shape index (κ3) is 2.45. The molecule has 3 aromatic rings. The van der Waals surface area contributed by atoms with E-state index in [0.717, 1.165) is 24.6 Å². The summed E-state index contributed by atoms with van der Waals surface area (Å²) < 4.78 is 10.7. The minimum absolute atomic E-state index is 0.322. The van der Waals surface area contributed by atoms with E-state index in [2.05, 4.69) is 40.6 Å². The molecule has 21 heavy (non-hydrogen) atoms. The standard InChI is InChI=1S/C17H16N2O2/c1-3-14-5-6-19-15(14)7-12(1)9-18-10-13-2-4-16-17(8-13)21-11-20-16/h1-8,18-19H,9-11H2. The molecule has 0 radical (unpaired) electrons. The Bertz CT molecular complexity index is 779. The number of ether oxygens (including phenoxy) is 2. The second kappa shape index (κ2) is 5.14. The highest BCUT2D eigenvalue weighted by molar-refractivity contribution is 5.79. The van der Waals surface area contributed by atoms with Crippen LogP contribution >= 0.6 is 0 Å². The average Bonchev–Trinajstić information content (AvgIpc) is 3.14. The van der Waals surface area contributed by atoms with Crippen LogP contribution in [0, 0.1) is 0 Å². The average molecular weight is 280 g/mol. The van der Waals surface area contributed by atoms with E-state index in [0.29, 0.717) is 6.79 Å². The number of aromatic nitrogens is 1. The number of rotatable bonds is 4. The van der Waals surface area contributed by atoms with Crippen molar-refractivity contribution in [1.29, 1.82) is 0 Å². The Kier molecular flexibility index (Phi) is 3.01. The van der Waals surface area contributed by atoms with Gasteiger partial charge in [0.1, 0.15) is 0 Å². The lowest BCUT2D eigenvalue weighted by Gasteiger charge is -2.06. The van der Waals surface area contributed by atoms with Gasteiger partial charge in [-0.3, -0.25) is 0 Å². The molecule has 0 bridgehead atoms. The van der Waals surface area contributed by atoms with E-state index >= 15 is 0 Å². The molecule has 4 nitrogen and oxygen atoms in total. The van der Waals surface area contributed by atoms with Crippen LogP contribution in [0.15, 0.2) is 48.7 Å². The fourth-order valence-corrected chi connectivity index (χ4v) is 2.61. The van der Waals surface area contributed by atoms with E-state index < -0.39 is 0 Å². The van der Waals surface area contributed by atoms with Gasteiger partial charge in [0, 0.05) is 24.8 Å². The molecule has 106 valence electrons. The minimum Gasteiger partial charge on any atom is -0.454 e. The number of hydrogen-bond donors (Lipinski definition) is 2. The topological polar surface area (TPSA) is 46.3 Å². The van der Waals surface area contributed by atoms with Gasteiger partial charge in [-0.2, -0.15) is 0 Å². The first kappa shape index (κ1) is 12.3. The number of fused-ring (bicyclic) bond motifs is 2. The van der Waals surface area contributed by atoms with Crippen LogP contribution in [0.4, 0.5) is 0 Å². The molecule has 1 aliphatic rings. The molecular weight excluding hydrogens is 264 g/mol. The zero-order valence-electron chi connectivity index (χ0n) is 11.6. The Morgan fingerprint density at radius 2 is 1.71 bits per heavy atom. The molecule has 2 aromatic carbocycles. The van der Waals surface area contributed by atoms with Gasteiger partial charge in [0.15, 0.2) is 11.5 Å². The first-order chi connectivity index (χ1) is 10.4. The summed E-state index contributed by atoms with van der Waals surface area (Å²) in [5.41, 5.74) is 3.64. The Morgan fingerprint density at radius 1 is 0.905 bits per heavy atom. The van der Waals surface area contributed by atoms with Gasteiger partial charge in [-0.15, -0.1) is 0 Å². The summed E-state index contributed by atoms with van der Waals surface area (Å²) in [7, 11) is 0. The normalized spacial score (nSPS) is 13.0. The summed E-state index contributed by atoms with van der Waals surface area (Å²) in [5, 5.41) is 4.70. The number of benzene rings is 2. The molecule has 0 unspecified atom stereocenters. The number of aromatic amines is 1. The fraction of sp³-hybridized carbons (Fsp3) is 0.176. The summed E-state index contributed by atoms with van der Waals surface area (Å²) in [5.74, 6) is 1.66. The maximum absolute atomic E-state index is 5.39. The summed E-state index contributed by atoms with van der Waals surface area (Å²) in [6, 6.07) is 14.6. The van der Waals surface area contributed by atoms with E-state index in [1.807, 2.05) is 18.3 Å². The summed E-state index contributed by atoms with van der Waals surface area (Å²) in [6.07, 6.45) is 1.97. The van der Waals surface area contributed by atoms with Gasteiger partial charge in [-0.1, -0.05) is 18.2 Å². The lowest BCUT2D eigenvalue weighted by Crippen LogP contribution is -2.12. The second-order valence-electron chi connectivity index (χ2n) is 5.19. The molecule has 2 N–H and O–H groups in total. The van der Waals surface area contributed by atoms with Gasteiger partial charge >= 0.3 is 0 Å². The van der Waals surface area contributed by atoms with Crippen LogP contribution in [0.3, 0.4) is 0 Å². The lowest BCUT2D eigenvalue weighted by molar-refractivity contribution is 0.174. The van der Waals surface area contributed by atoms with Gasteiger partial charge in [0.2, 0.25) is 6.79 Å². The molecule has 0 aliphatic carbocycles. The Labute approximate surface area is 122 Å². The first-order valence-electron chi connectivity index (χ1n) is 7.04. The van der Waals surface area contributed by atoms with Gasteiger partial charge in [-0.05, 0) is 40.8 Å². The van der Waals surface area contributed by atoms with Crippen LogP contribution in [0.25, 0.3) is 10.9 Å². The molecule has 0 fully saturated rings. The number of hydrogen-bond acceptors (Lipinski definition) is 3. The molecular formula is C17H16N2O2. The van der Waals surface area contributed by atoms with E-state index in [1.165, 1.54) is 22.0 Å². The largest absolute Gasteiger partial charge is 0.454 e. The summed E-state index contributed by atoms with van der Waals surface area (Å²) in [4.78, 5) is 3.24. The van der Waals surface area contributed by atoms with Gasteiger partial charge in [0.05, 0.1) is 0 Å². The quantitative estimate of drug-likeness (QED) is 0.771. The van der Waals surface area contributed by atoms with Crippen molar-refractivity contribution in [2.75, 3.05) is 6.79 Å². The van der Waals surface area contributed by atoms with Gasteiger partial charge in [-0.25, -0.2) is 0 Å². The van der Waals surface area contributed by atoms with Crippen molar-refractivity contribution in [3.8, 4) is 11.5 Å². The zero-order chi connectivity index (χ0) is 14.1. The zero-order valence-corrected chi connectivity index (χ0v) is 11.6. The SMILES string of the molecule is c1cc2ccc(CNCc3ccc4c(c3)OCO4)cc2[nH]1. The molecule has 1 aliphatic heterocycles. The highest BCUT2D eigenvalue weighted by atomic mass is 16.7. The van der Waals surface area contributed by atoms with Crippen LogP contribution < -0.4 is 14.8 Å². The van der Waals surface area contributed by atoms with Crippen molar-refractivity contribution < 1.29 is 9.47 Å². The molecule has 0 amide bonds. The predicted octanol–water partition coefficient (Wildman–Crippen LogP) is 3.19. The van der Waals surface area contributed by atoms with Crippen molar-refractivity contribution in [3.63, 3.8) is 0 Å². The predicted molar refractivity (Wildman–Crippen MR) is 81.4 cm³/mol. The van der Waals surface area contributed by atoms with Crippen molar-refractivity contribution in [1.82, 2.24) is 10.3 Å². The van der Waals surface area contributed by atoms with E-state index in [4.69, 9.17) is 9.47 Å². The molecule has 0 saturated carbocycles. The van der Waals surface area contributed by atoms with Crippen molar-refractivity contribution >= 4 is 10.9 Å². The van der Waals surface area contributed by atoms with Crippen LogP contribution in [0.2, 0.25) is 0 Å². The minimum atomic E-state index is 0.322. The van der Waals surface area contributed by atoms with E-state index in [-0.39, 0.29) is 0 Å². The van der Waals surface area contributed by atoms with Crippen molar-refractivity contribution in [2.24, 2.45) is 0 Å². The lowest BCUT2D eigenvalue weighted by atomic mass is 10.1. The van der Waals surface area contributed by atoms with Crippen LogP contribution in [-0.4, -0.2) is 11.8 Å². The van der Waals surface area contributed by atoms with Crippen LogP contribution in [0.1, 0.15) is 11.1 Å². The number of nitrogens with one attached hydrogen (secondary N) is 2. The molecule has 0 saturated heterocycles. The highest BCUT2D eigenvalue weighted by Gasteiger charge is 2.12. The third-order valence-corrected chi connectivity index (χ3v) is 3.71. The summed E-state index contributed by atoms with van der Waals surface area (Å²) >= 11 is 0. The Hall–Kier alpha value is -2.46. The van der Waals surface area contributed by atoms with Crippen LogP contribution in [-0.2, 0) is 13.1 Å². The molecule has 0 spiro atoms. The third-order valence-electron chi connectivity index (χ3n) is 3.71. The van der Waals surface area contributed by atoms with Crippen molar-refractivity contribution in [3.05, 3.63) is 59.8 Å². The molecule has 1 aromatic heterocycles. The summed E-state index contributed by atoms with van der Waals surface area (Å²) in [6.45, 7) is 1.96. The van der Waals surface area contributed by atoms with Gasteiger partial charge < -0.3 is 19.8 Å². The monoisotopic (exact) mass is 280 g/mol. The molecule has 0 atom stereocenters. The second-order valence-corrected chi connectivity index (χ2v) is 5.19. The van der Waals surface area contributed by atoms with Gasteiger partial charge in [0.25, 0.3) is 0 Å². The maximum atomic E-state index is 5.39. The fourth-order valence-electron chi connectivity index (χ4n) is 2.61. The van der Waals surface area contributed by atoms with Crippen LogP contribution in [0.5, 0.6) is 11.5 Å². The maximum Gasteiger partial charge on any atom is 0.231 e. The first-order valence-corrected chi connectivity index (χ1v) is 7.04. The molecule has 4 heteroatoms. The highest BCUT2D eigenvalue weighted by Crippen LogP contribution is 2.32. The van der Waals surface area contributed by atoms with Crippen molar-refractivity contribution in [2.45, 2.75) is 13.1 Å². The van der Waals surface area contributed by atoms with E-state index in [1.54, 1.807) is 0 Å². The molecule has 2 heterocycles. The Morgan fingerprint density at radius 3 is 2.67 bits per heavy atom. The number of H-pyrrole nitrogens is 1. The Balaban J connectivity index is 1.40. The smallest absolute Gasteiger partial charge is 0.231 e.